The average molecular weight is 301 g/mol. The number of aryl methyl sites for hydroxylation is 1. The minimum absolute atomic E-state index is 0.0281. The Balaban J connectivity index is 1.52. The number of nitrogens with one attached hydrogen (secondary N) is 1. The number of fused-ring (bicyclic) bond motifs is 1. The number of amides is 1. The predicted octanol–water partition coefficient (Wildman–Crippen LogP) is 3.78. The van der Waals surface area contributed by atoms with Crippen LogP contribution >= 0.6 is 0 Å². The van der Waals surface area contributed by atoms with Crippen LogP contribution in [0.15, 0.2) is 18.2 Å². The van der Waals surface area contributed by atoms with Crippen LogP contribution < -0.4 is 10.1 Å². The average Bonchev–Trinajstić information content (AvgIpc) is 2.81. The molecule has 0 heterocycles. The fourth-order valence-corrected chi connectivity index (χ4v) is 3.72. The van der Waals surface area contributed by atoms with Crippen LogP contribution in [0.2, 0.25) is 0 Å². The van der Waals surface area contributed by atoms with Crippen LogP contribution in [0, 0.1) is 0 Å². The molecule has 0 aromatic heterocycles. The summed E-state index contributed by atoms with van der Waals surface area (Å²) in [6.07, 6.45) is 12.0. The van der Waals surface area contributed by atoms with Crippen LogP contribution in [0.1, 0.15) is 62.5 Å². The Morgan fingerprint density at radius 2 is 1.82 bits per heavy atom. The van der Waals surface area contributed by atoms with Crippen LogP contribution in [-0.2, 0) is 17.6 Å². The van der Waals surface area contributed by atoms with E-state index in [1.54, 1.807) is 0 Å². The van der Waals surface area contributed by atoms with E-state index in [1.165, 1.54) is 49.7 Å². The van der Waals surface area contributed by atoms with Crippen molar-refractivity contribution in [2.75, 3.05) is 6.61 Å². The summed E-state index contributed by atoms with van der Waals surface area (Å²) >= 11 is 0. The van der Waals surface area contributed by atoms with Gasteiger partial charge >= 0.3 is 0 Å². The predicted molar refractivity (Wildman–Crippen MR) is 88.2 cm³/mol. The molecule has 120 valence electrons. The van der Waals surface area contributed by atoms with Gasteiger partial charge in [-0.15, -0.1) is 0 Å². The molecule has 3 nitrogen and oxygen atoms in total. The fraction of sp³-hybridized carbons (Fsp3) is 0.632. The molecule has 1 saturated carbocycles. The molecule has 0 aliphatic heterocycles. The lowest BCUT2D eigenvalue weighted by atomic mass is 9.91. The van der Waals surface area contributed by atoms with Gasteiger partial charge in [-0.1, -0.05) is 37.8 Å². The molecule has 2 aliphatic rings. The molecular weight excluding hydrogens is 274 g/mol. The van der Waals surface area contributed by atoms with E-state index >= 15 is 0 Å². The van der Waals surface area contributed by atoms with Crippen LogP contribution in [0.3, 0.4) is 0 Å². The van der Waals surface area contributed by atoms with Gasteiger partial charge in [0, 0.05) is 6.04 Å². The third-order valence-corrected chi connectivity index (χ3v) is 4.93. The maximum absolute atomic E-state index is 12.1. The molecule has 1 N–H and O–H groups in total. The van der Waals surface area contributed by atoms with Crippen LogP contribution in [0.4, 0.5) is 0 Å². The Bertz CT molecular complexity index is 504. The van der Waals surface area contributed by atoms with Crippen LogP contribution in [-0.4, -0.2) is 18.6 Å². The molecule has 0 atom stereocenters. The van der Waals surface area contributed by atoms with Gasteiger partial charge < -0.3 is 10.1 Å². The topological polar surface area (TPSA) is 38.3 Å². The minimum Gasteiger partial charge on any atom is -0.483 e. The molecular formula is C19H27NO2. The van der Waals surface area contributed by atoms with Gasteiger partial charge in [-0.25, -0.2) is 0 Å². The van der Waals surface area contributed by atoms with Gasteiger partial charge in [-0.2, -0.15) is 0 Å². The van der Waals surface area contributed by atoms with Crippen molar-refractivity contribution in [2.45, 2.75) is 70.3 Å². The number of carbonyl (C=O) groups is 1. The maximum atomic E-state index is 12.1. The number of hydrogen-bond acceptors (Lipinski definition) is 2. The molecule has 2 aliphatic carbocycles. The second-order valence-corrected chi connectivity index (χ2v) is 6.65. The van der Waals surface area contributed by atoms with E-state index in [9.17, 15) is 4.79 Å². The van der Waals surface area contributed by atoms with Crippen molar-refractivity contribution in [3.8, 4) is 5.75 Å². The van der Waals surface area contributed by atoms with Gasteiger partial charge in [0.2, 0.25) is 0 Å². The molecule has 1 fully saturated rings. The number of rotatable bonds is 4. The first-order valence-electron chi connectivity index (χ1n) is 8.86. The van der Waals surface area contributed by atoms with E-state index in [0.717, 1.165) is 31.4 Å². The van der Waals surface area contributed by atoms with Crippen molar-refractivity contribution in [1.82, 2.24) is 5.32 Å². The molecule has 1 amide bonds. The van der Waals surface area contributed by atoms with E-state index in [1.807, 2.05) is 12.1 Å². The first kappa shape index (κ1) is 15.4. The van der Waals surface area contributed by atoms with Crippen molar-refractivity contribution in [2.24, 2.45) is 0 Å². The summed E-state index contributed by atoms with van der Waals surface area (Å²) in [4.78, 5) is 12.1. The van der Waals surface area contributed by atoms with Gasteiger partial charge in [0.1, 0.15) is 5.75 Å². The van der Waals surface area contributed by atoms with Crippen molar-refractivity contribution >= 4 is 5.91 Å². The molecule has 1 aromatic carbocycles. The lowest BCUT2D eigenvalue weighted by Gasteiger charge is -2.20. The standard InChI is InChI=1S/C19H27NO2/c21-19(20-16-10-3-1-2-4-11-16)14-22-18-13-7-9-15-8-5-6-12-17(15)18/h7,9,13,16H,1-6,8,10-12,14H2,(H,20,21). The monoisotopic (exact) mass is 301 g/mol. The zero-order chi connectivity index (χ0) is 15.2. The van der Waals surface area contributed by atoms with Gasteiger partial charge in [-0.05, 0) is 55.7 Å². The highest BCUT2D eigenvalue weighted by molar-refractivity contribution is 5.77. The number of carbonyl (C=O) groups excluding carboxylic acids is 1. The summed E-state index contributed by atoms with van der Waals surface area (Å²) in [5.41, 5.74) is 2.71. The Kier molecular flexibility index (Phi) is 5.36. The molecule has 1 aromatic rings. The molecule has 3 heteroatoms. The van der Waals surface area contributed by atoms with Gasteiger partial charge in [0.15, 0.2) is 6.61 Å². The number of ether oxygens (including phenoxy) is 1. The maximum Gasteiger partial charge on any atom is 0.258 e. The Morgan fingerprint density at radius 3 is 2.64 bits per heavy atom. The molecule has 0 bridgehead atoms. The normalized spacial score (nSPS) is 19.1. The lowest BCUT2D eigenvalue weighted by Crippen LogP contribution is -2.37. The number of hydrogen-bond donors (Lipinski definition) is 1. The summed E-state index contributed by atoms with van der Waals surface area (Å²) in [6, 6.07) is 6.59. The summed E-state index contributed by atoms with van der Waals surface area (Å²) < 4.78 is 5.83. The van der Waals surface area contributed by atoms with E-state index < -0.39 is 0 Å². The zero-order valence-electron chi connectivity index (χ0n) is 13.4. The molecule has 0 unspecified atom stereocenters. The zero-order valence-corrected chi connectivity index (χ0v) is 13.4. The first-order valence-corrected chi connectivity index (χ1v) is 8.86. The highest BCUT2D eigenvalue weighted by Crippen LogP contribution is 2.29. The lowest BCUT2D eigenvalue weighted by molar-refractivity contribution is -0.123. The highest BCUT2D eigenvalue weighted by Gasteiger charge is 2.17. The SMILES string of the molecule is O=C(COc1cccc2c1CCCC2)NC1CCCCCC1. The van der Waals surface area contributed by atoms with Crippen molar-refractivity contribution in [3.63, 3.8) is 0 Å². The Morgan fingerprint density at radius 1 is 1.05 bits per heavy atom. The molecule has 3 rings (SSSR count). The second kappa shape index (κ2) is 7.66. The largest absolute Gasteiger partial charge is 0.483 e. The fourth-order valence-electron chi connectivity index (χ4n) is 3.72. The second-order valence-electron chi connectivity index (χ2n) is 6.65. The molecule has 0 saturated heterocycles. The Hall–Kier alpha value is -1.51. The van der Waals surface area contributed by atoms with E-state index in [0.29, 0.717) is 6.04 Å². The summed E-state index contributed by atoms with van der Waals surface area (Å²) in [7, 11) is 0. The first-order chi connectivity index (χ1) is 10.8. The summed E-state index contributed by atoms with van der Waals surface area (Å²) in [5.74, 6) is 0.938. The minimum atomic E-state index is 0.0281. The van der Waals surface area contributed by atoms with Gasteiger partial charge in [-0.3, -0.25) is 4.79 Å². The van der Waals surface area contributed by atoms with Crippen LogP contribution in [0.5, 0.6) is 5.75 Å². The van der Waals surface area contributed by atoms with E-state index in [2.05, 4.69) is 11.4 Å². The van der Waals surface area contributed by atoms with Crippen LogP contribution in [0.25, 0.3) is 0 Å². The van der Waals surface area contributed by atoms with Gasteiger partial charge in [0.25, 0.3) is 5.91 Å². The highest BCUT2D eigenvalue weighted by atomic mass is 16.5. The number of benzene rings is 1. The summed E-state index contributed by atoms with van der Waals surface area (Å²) in [5, 5.41) is 3.15. The summed E-state index contributed by atoms with van der Waals surface area (Å²) in [6.45, 7) is 0.146. The van der Waals surface area contributed by atoms with E-state index in [-0.39, 0.29) is 12.5 Å². The molecule has 0 radical (unpaired) electrons. The third-order valence-electron chi connectivity index (χ3n) is 4.93. The van der Waals surface area contributed by atoms with Crippen molar-refractivity contribution in [3.05, 3.63) is 29.3 Å². The van der Waals surface area contributed by atoms with Crippen molar-refractivity contribution in [1.29, 1.82) is 0 Å². The van der Waals surface area contributed by atoms with Crippen molar-refractivity contribution < 1.29 is 9.53 Å². The quantitative estimate of drug-likeness (QED) is 0.859. The molecule has 22 heavy (non-hydrogen) atoms. The van der Waals surface area contributed by atoms with E-state index in [4.69, 9.17) is 4.74 Å². The van der Waals surface area contributed by atoms with Gasteiger partial charge in [0.05, 0.1) is 0 Å². The Labute approximate surface area is 133 Å². The third kappa shape index (κ3) is 4.02. The molecule has 0 spiro atoms. The smallest absolute Gasteiger partial charge is 0.258 e.